The van der Waals surface area contributed by atoms with Gasteiger partial charge in [-0.25, -0.2) is 0 Å². The number of carbonyl (C=O) groups is 1. The van der Waals surface area contributed by atoms with Gasteiger partial charge in [-0.2, -0.15) is 0 Å². The molecule has 2 aliphatic heterocycles. The number of likely N-dealkylation sites (tertiary alicyclic amines) is 1. The average molecular weight is 247 g/mol. The quantitative estimate of drug-likeness (QED) is 0.783. The van der Waals surface area contributed by atoms with Crippen molar-refractivity contribution in [2.75, 3.05) is 19.6 Å². The smallest absolute Gasteiger partial charge is 0.250 e. The fraction of sp³-hybridized carbons (Fsp3) is 0.538. The van der Waals surface area contributed by atoms with Crippen molar-refractivity contribution in [1.82, 2.24) is 9.47 Å². The van der Waals surface area contributed by atoms with Crippen LogP contribution < -0.4 is 11.3 Å². The first kappa shape index (κ1) is 11.5. The Kier molecular flexibility index (Phi) is 2.70. The summed E-state index contributed by atoms with van der Waals surface area (Å²) in [7, 11) is 0. The molecule has 2 N–H and O–H groups in total. The first-order chi connectivity index (χ1) is 8.63. The monoisotopic (exact) mass is 247 g/mol. The van der Waals surface area contributed by atoms with E-state index in [-0.39, 0.29) is 11.5 Å². The van der Waals surface area contributed by atoms with Crippen LogP contribution in [-0.4, -0.2) is 35.0 Å². The van der Waals surface area contributed by atoms with E-state index in [2.05, 4.69) is 4.90 Å². The van der Waals surface area contributed by atoms with Gasteiger partial charge in [0.2, 0.25) is 5.91 Å². The maximum Gasteiger partial charge on any atom is 0.250 e. The lowest BCUT2D eigenvalue weighted by Gasteiger charge is -2.42. The van der Waals surface area contributed by atoms with Gasteiger partial charge in [-0.3, -0.25) is 14.5 Å². The maximum atomic E-state index is 11.8. The molecule has 0 aliphatic carbocycles. The molecule has 2 aliphatic rings. The zero-order valence-electron chi connectivity index (χ0n) is 10.2. The minimum atomic E-state index is -0.277. The van der Waals surface area contributed by atoms with E-state index in [0.29, 0.717) is 18.4 Å². The predicted octanol–water partition coefficient (Wildman–Crippen LogP) is -0.247. The molecular weight excluding hydrogens is 230 g/mol. The lowest BCUT2D eigenvalue weighted by Crippen LogP contribution is -2.49. The van der Waals surface area contributed by atoms with Crippen molar-refractivity contribution in [2.24, 2.45) is 11.7 Å². The summed E-state index contributed by atoms with van der Waals surface area (Å²) in [4.78, 5) is 25.0. The van der Waals surface area contributed by atoms with Crippen LogP contribution in [0.3, 0.4) is 0 Å². The third-order valence-corrected chi connectivity index (χ3v) is 3.93. The van der Waals surface area contributed by atoms with E-state index in [1.165, 1.54) is 0 Å². The molecule has 0 radical (unpaired) electrons. The van der Waals surface area contributed by atoms with Crippen molar-refractivity contribution in [3.05, 3.63) is 34.2 Å². The number of aromatic nitrogens is 1. The van der Waals surface area contributed by atoms with Crippen LogP contribution in [-0.2, 0) is 11.3 Å². The molecule has 0 saturated carbocycles. The molecule has 96 valence electrons. The van der Waals surface area contributed by atoms with Crippen molar-refractivity contribution >= 4 is 5.91 Å². The van der Waals surface area contributed by atoms with E-state index in [1.807, 2.05) is 16.7 Å². The number of fused-ring (bicyclic) bond motifs is 4. The van der Waals surface area contributed by atoms with Gasteiger partial charge in [0.15, 0.2) is 0 Å². The highest BCUT2D eigenvalue weighted by Gasteiger charge is 2.34. The van der Waals surface area contributed by atoms with Crippen LogP contribution in [0.15, 0.2) is 23.0 Å². The van der Waals surface area contributed by atoms with Crippen molar-refractivity contribution in [3.8, 4) is 0 Å². The van der Waals surface area contributed by atoms with Gasteiger partial charge in [0.1, 0.15) is 0 Å². The van der Waals surface area contributed by atoms with Gasteiger partial charge in [-0.15, -0.1) is 0 Å². The molecule has 1 fully saturated rings. The first-order valence-corrected chi connectivity index (χ1v) is 6.34. The number of nitrogens with two attached hydrogens (primary N) is 1. The number of nitrogens with zero attached hydrogens (tertiary/aromatic N) is 2. The SMILES string of the molecule is NC(=O)CN1CC2C[C@@H](C1)Cn1c2cccc1=O. The van der Waals surface area contributed by atoms with Crippen LogP contribution >= 0.6 is 0 Å². The van der Waals surface area contributed by atoms with Gasteiger partial charge < -0.3 is 10.3 Å². The summed E-state index contributed by atoms with van der Waals surface area (Å²) in [5, 5.41) is 0. The highest BCUT2D eigenvalue weighted by Crippen LogP contribution is 2.34. The third kappa shape index (κ3) is 1.95. The van der Waals surface area contributed by atoms with E-state index >= 15 is 0 Å². The summed E-state index contributed by atoms with van der Waals surface area (Å²) in [6.07, 6.45) is 1.11. The number of primary amides is 1. The van der Waals surface area contributed by atoms with Gasteiger partial charge >= 0.3 is 0 Å². The Labute approximate surface area is 105 Å². The third-order valence-electron chi connectivity index (χ3n) is 3.93. The van der Waals surface area contributed by atoms with E-state index in [0.717, 1.165) is 31.7 Å². The van der Waals surface area contributed by atoms with E-state index in [4.69, 9.17) is 5.73 Å². The molecule has 5 heteroatoms. The van der Waals surface area contributed by atoms with Crippen LogP contribution in [0, 0.1) is 5.92 Å². The number of rotatable bonds is 2. The fourth-order valence-electron chi connectivity index (χ4n) is 3.35. The molecule has 3 heterocycles. The molecule has 0 aromatic carbocycles. The number of hydrogen-bond acceptors (Lipinski definition) is 3. The summed E-state index contributed by atoms with van der Waals surface area (Å²) in [6.45, 7) is 2.77. The molecule has 1 aromatic rings. The van der Waals surface area contributed by atoms with Crippen molar-refractivity contribution in [2.45, 2.75) is 18.9 Å². The Morgan fingerprint density at radius 1 is 1.33 bits per heavy atom. The normalized spacial score (nSPS) is 26.7. The topological polar surface area (TPSA) is 68.3 Å². The highest BCUT2D eigenvalue weighted by atomic mass is 16.1. The average Bonchev–Trinajstić information content (AvgIpc) is 2.29. The molecule has 1 amide bonds. The molecule has 0 spiro atoms. The van der Waals surface area contributed by atoms with Crippen molar-refractivity contribution in [3.63, 3.8) is 0 Å². The van der Waals surface area contributed by atoms with E-state index in [1.54, 1.807) is 6.07 Å². The second-order valence-corrected chi connectivity index (χ2v) is 5.36. The van der Waals surface area contributed by atoms with Crippen molar-refractivity contribution in [1.29, 1.82) is 0 Å². The van der Waals surface area contributed by atoms with E-state index in [9.17, 15) is 9.59 Å². The molecule has 1 saturated heterocycles. The molecule has 2 atom stereocenters. The summed E-state index contributed by atoms with van der Waals surface area (Å²) in [5.41, 5.74) is 6.45. The zero-order valence-corrected chi connectivity index (χ0v) is 10.2. The molecular formula is C13H17N3O2. The second-order valence-electron chi connectivity index (χ2n) is 5.36. The molecule has 1 aromatic heterocycles. The second kappa shape index (κ2) is 4.24. The van der Waals surface area contributed by atoms with Crippen molar-refractivity contribution < 1.29 is 4.79 Å². The summed E-state index contributed by atoms with van der Waals surface area (Å²) < 4.78 is 1.89. The Morgan fingerprint density at radius 2 is 2.17 bits per heavy atom. The van der Waals surface area contributed by atoms with Crippen LogP contribution in [0.1, 0.15) is 18.0 Å². The first-order valence-electron chi connectivity index (χ1n) is 6.34. The fourth-order valence-corrected chi connectivity index (χ4v) is 3.35. The standard InChI is InChI=1S/C13H17N3O2/c14-12(17)8-15-5-9-4-10(7-15)11-2-1-3-13(18)16(11)6-9/h1-3,9-10H,4-8H2,(H2,14,17)/t9-,10?/m0/s1. The van der Waals surface area contributed by atoms with Gasteiger partial charge in [0.25, 0.3) is 5.56 Å². The molecule has 3 rings (SSSR count). The lowest BCUT2D eigenvalue weighted by atomic mass is 9.83. The maximum absolute atomic E-state index is 11.8. The predicted molar refractivity (Wildman–Crippen MR) is 67.2 cm³/mol. The molecule has 5 nitrogen and oxygen atoms in total. The van der Waals surface area contributed by atoms with Gasteiger partial charge in [0, 0.05) is 37.3 Å². The summed E-state index contributed by atoms with van der Waals surface area (Å²) >= 11 is 0. The summed E-state index contributed by atoms with van der Waals surface area (Å²) in [5.74, 6) is 0.530. The Bertz CT molecular complexity index is 537. The highest BCUT2D eigenvalue weighted by molar-refractivity contribution is 5.75. The number of amides is 1. The molecule has 2 bridgehead atoms. The largest absolute Gasteiger partial charge is 0.369 e. The van der Waals surface area contributed by atoms with Gasteiger partial charge in [-0.05, 0) is 18.4 Å². The van der Waals surface area contributed by atoms with Crippen LogP contribution in [0.2, 0.25) is 0 Å². The Hall–Kier alpha value is -1.62. The van der Waals surface area contributed by atoms with Gasteiger partial charge in [0.05, 0.1) is 6.54 Å². The summed E-state index contributed by atoms with van der Waals surface area (Å²) in [6, 6.07) is 5.46. The number of carbonyl (C=O) groups excluding carboxylic acids is 1. The molecule has 1 unspecified atom stereocenters. The Balaban J connectivity index is 1.90. The number of piperidine rings is 1. The van der Waals surface area contributed by atoms with E-state index < -0.39 is 0 Å². The minimum absolute atomic E-state index is 0.0885. The zero-order chi connectivity index (χ0) is 12.7. The molecule has 18 heavy (non-hydrogen) atoms. The van der Waals surface area contributed by atoms with Gasteiger partial charge in [-0.1, -0.05) is 6.07 Å². The van der Waals surface area contributed by atoms with Crippen LogP contribution in [0.4, 0.5) is 0 Å². The Morgan fingerprint density at radius 3 is 2.94 bits per heavy atom. The van der Waals surface area contributed by atoms with Crippen LogP contribution in [0.25, 0.3) is 0 Å². The number of hydrogen-bond donors (Lipinski definition) is 1. The minimum Gasteiger partial charge on any atom is -0.369 e. The lowest BCUT2D eigenvalue weighted by molar-refractivity contribution is -0.119. The van der Waals surface area contributed by atoms with Crippen LogP contribution in [0.5, 0.6) is 0 Å². The number of pyridine rings is 1.